The van der Waals surface area contributed by atoms with Gasteiger partial charge in [0.05, 0.1) is 6.10 Å². The molecule has 0 spiro atoms. The van der Waals surface area contributed by atoms with Gasteiger partial charge in [0.1, 0.15) is 6.04 Å². The minimum absolute atomic E-state index is 0.124. The second kappa shape index (κ2) is 4.52. The lowest BCUT2D eigenvalue weighted by Crippen LogP contribution is -2.49. The van der Waals surface area contributed by atoms with E-state index in [9.17, 15) is 14.7 Å². The van der Waals surface area contributed by atoms with Crippen molar-refractivity contribution >= 4 is 12.0 Å². The van der Waals surface area contributed by atoms with Crippen LogP contribution in [-0.4, -0.2) is 63.3 Å². The molecule has 0 aromatic heterocycles. The Hall–Kier alpha value is -1.30. The van der Waals surface area contributed by atoms with Crippen molar-refractivity contribution in [3.05, 3.63) is 0 Å². The van der Waals surface area contributed by atoms with E-state index < -0.39 is 18.1 Å². The highest BCUT2D eigenvalue weighted by Gasteiger charge is 2.42. The number of rotatable bonds is 1. The van der Waals surface area contributed by atoms with Gasteiger partial charge in [0.25, 0.3) is 0 Å². The fourth-order valence-corrected chi connectivity index (χ4v) is 2.64. The molecule has 0 aromatic rings. The van der Waals surface area contributed by atoms with E-state index in [1.807, 2.05) is 6.92 Å². The number of aliphatic hydroxyl groups is 1. The van der Waals surface area contributed by atoms with Gasteiger partial charge >= 0.3 is 12.0 Å². The Labute approximate surface area is 99.8 Å². The van der Waals surface area contributed by atoms with E-state index in [0.29, 0.717) is 6.54 Å². The van der Waals surface area contributed by atoms with Crippen molar-refractivity contribution in [2.45, 2.75) is 44.4 Å². The highest BCUT2D eigenvalue weighted by molar-refractivity contribution is 5.83. The third kappa shape index (κ3) is 2.22. The second-order valence-corrected chi connectivity index (χ2v) is 4.86. The number of hydrogen-bond acceptors (Lipinski definition) is 3. The van der Waals surface area contributed by atoms with Crippen molar-refractivity contribution in [2.75, 3.05) is 13.1 Å². The van der Waals surface area contributed by atoms with Crippen LogP contribution in [0, 0.1) is 0 Å². The van der Waals surface area contributed by atoms with Crippen molar-refractivity contribution in [1.29, 1.82) is 0 Å². The van der Waals surface area contributed by atoms with E-state index in [2.05, 4.69) is 0 Å². The third-order valence-corrected chi connectivity index (χ3v) is 3.61. The molecule has 0 saturated carbocycles. The first-order chi connectivity index (χ1) is 8.00. The van der Waals surface area contributed by atoms with E-state index in [1.165, 1.54) is 4.90 Å². The SMILES string of the molecule is CC1CCCN1C(=O)N1CC(O)C[C@H]1C(=O)O. The molecule has 6 nitrogen and oxygen atoms in total. The largest absolute Gasteiger partial charge is 0.480 e. The van der Waals surface area contributed by atoms with Crippen LogP contribution in [0.3, 0.4) is 0 Å². The molecule has 2 rings (SSSR count). The predicted molar refractivity (Wildman–Crippen MR) is 59.6 cm³/mol. The molecule has 2 aliphatic heterocycles. The number of hydrogen-bond donors (Lipinski definition) is 2. The summed E-state index contributed by atoms with van der Waals surface area (Å²) in [7, 11) is 0. The van der Waals surface area contributed by atoms with Crippen LogP contribution in [0.2, 0.25) is 0 Å². The lowest BCUT2D eigenvalue weighted by molar-refractivity contribution is -0.141. The Morgan fingerprint density at radius 1 is 1.29 bits per heavy atom. The summed E-state index contributed by atoms with van der Waals surface area (Å²) in [6, 6.07) is -0.973. The van der Waals surface area contributed by atoms with Crippen LogP contribution in [0.1, 0.15) is 26.2 Å². The minimum atomic E-state index is -1.04. The molecule has 2 N–H and O–H groups in total. The van der Waals surface area contributed by atoms with Gasteiger partial charge in [-0.05, 0) is 19.8 Å². The van der Waals surface area contributed by atoms with E-state index in [1.54, 1.807) is 4.90 Å². The lowest BCUT2D eigenvalue weighted by Gasteiger charge is -2.29. The number of aliphatic hydroxyl groups excluding tert-OH is 1. The maximum atomic E-state index is 12.2. The molecule has 2 heterocycles. The Bertz CT molecular complexity index is 333. The van der Waals surface area contributed by atoms with Crippen molar-refractivity contribution in [3.63, 3.8) is 0 Å². The average molecular weight is 242 g/mol. The van der Waals surface area contributed by atoms with Gasteiger partial charge < -0.3 is 20.0 Å². The number of carboxylic acids is 1. The summed E-state index contributed by atoms with van der Waals surface area (Å²) >= 11 is 0. The molecule has 0 bridgehead atoms. The van der Waals surface area contributed by atoms with Gasteiger partial charge in [0.15, 0.2) is 0 Å². The number of carbonyl (C=O) groups is 2. The van der Waals surface area contributed by atoms with Crippen LogP contribution in [0.15, 0.2) is 0 Å². The summed E-state index contributed by atoms with van der Waals surface area (Å²) in [6.45, 7) is 2.77. The monoisotopic (exact) mass is 242 g/mol. The number of nitrogens with zero attached hydrogens (tertiary/aromatic N) is 2. The molecule has 0 radical (unpaired) electrons. The molecular formula is C11H18N2O4. The second-order valence-electron chi connectivity index (χ2n) is 4.86. The Balaban J connectivity index is 2.10. The highest BCUT2D eigenvalue weighted by Crippen LogP contribution is 2.24. The van der Waals surface area contributed by atoms with Crippen molar-refractivity contribution < 1.29 is 19.8 Å². The predicted octanol–water partition coefficient (Wildman–Crippen LogP) is 0.110. The van der Waals surface area contributed by atoms with E-state index >= 15 is 0 Å². The highest BCUT2D eigenvalue weighted by atomic mass is 16.4. The zero-order chi connectivity index (χ0) is 12.6. The maximum Gasteiger partial charge on any atom is 0.326 e. The van der Waals surface area contributed by atoms with E-state index in [0.717, 1.165) is 12.8 Å². The number of urea groups is 1. The van der Waals surface area contributed by atoms with Gasteiger partial charge in [-0.15, -0.1) is 0 Å². The first kappa shape index (κ1) is 12.2. The zero-order valence-corrected chi connectivity index (χ0v) is 9.87. The van der Waals surface area contributed by atoms with Crippen LogP contribution < -0.4 is 0 Å². The lowest BCUT2D eigenvalue weighted by atomic mass is 10.2. The number of carbonyl (C=O) groups excluding carboxylic acids is 1. The van der Waals surface area contributed by atoms with Gasteiger partial charge in [0.2, 0.25) is 0 Å². The molecule has 96 valence electrons. The molecule has 2 unspecified atom stereocenters. The zero-order valence-electron chi connectivity index (χ0n) is 9.87. The summed E-state index contributed by atoms with van der Waals surface area (Å²) in [5.74, 6) is -1.04. The number of amides is 2. The summed E-state index contributed by atoms with van der Waals surface area (Å²) in [5, 5.41) is 18.5. The fourth-order valence-electron chi connectivity index (χ4n) is 2.64. The first-order valence-electron chi connectivity index (χ1n) is 5.99. The van der Waals surface area contributed by atoms with Crippen molar-refractivity contribution in [1.82, 2.24) is 9.80 Å². The van der Waals surface area contributed by atoms with Crippen LogP contribution in [0.25, 0.3) is 0 Å². The smallest absolute Gasteiger partial charge is 0.326 e. The van der Waals surface area contributed by atoms with Gasteiger partial charge in [-0.25, -0.2) is 9.59 Å². The number of β-amino-alcohol motifs (C(OH)–C–C–N with tert-alkyl or cyclic N) is 1. The van der Waals surface area contributed by atoms with E-state index in [4.69, 9.17) is 5.11 Å². The van der Waals surface area contributed by atoms with Crippen LogP contribution >= 0.6 is 0 Å². The molecule has 2 saturated heterocycles. The summed E-state index contributed by atoms with van der Waals surface area (Å²) in [6.07, 6.45) is 1.32. The number of likely N-dealkylation sites (tertiary alicyclic amines) is 2. The first-order valence-corrected chi connectivity index (χ1v) is 5.99. The number of aliphatic carboxylic acids is 1. The molecule has 3 atom stereocenters. The van der Waals surface area contributed by atoms with Crippen molar-refractivity contribution in [3.8, 4) is 0 Å². The molecule has 2 fully saturated rings. The van der Waals surface area contributed by atoms with Crippen LogP contribution in [-0.2, 0) is 4.79 Å². The summed E-state index contributed by atoms with van der Waals surface area (Å²) in [5.41, 5.74) is 0. The fraction of sp³-hybridized carbons (Fsp3) is 0.818. The van der Waals surface area contributed by atoms with Gasteiger partial charge in [0, 0.05) is 25.6 Å². The Morgan fingerprint density at radius 2 is 2.00 bits per heavy atom. The maximum absolute atomic E-state index is 12.2. The Kier molecular flexibility index (Phi) is 3.24. The van der Waals surface area contributed by atoms with E-state index in [-0.39, 0.29) is 25.0 Å². The van der Waals surface area contributed by atoms with Gasteiger partial charge in [-0.2, -0.15) is 0 Å². The third-order valence-electron chi connectivity index (χ3n) is 3.61. The molecule has 2 amide bonds. The topological polar surface area (TPSA) is 81.1 Å². The standard InChI is InChI=1S/C11H18N2O4/c1-7-3-2-4-12(7)11(17)13-6-8(14)5-9(13)10(15)16/h7-9,14H,2-6H2,1H3,(H,15,16)/t7?,8?,9-/m0/s1. The summed E-state index contributed by atoms with van der Waals surface area (Å²) in [4.78, 5) is 26.2. The quantitative estimate of drug-likeness (QED) is 0.684. The molecule has 17 heavy (non-hydrogen) atoms. The molecule has 6 heteroatoms. The summed E-state index contributed by atoms with van der Waals surface area (Å²) < 4.78 is 0. The van der Waals surface area contributed by atoms with Crippen molar-refractivity contribution in [2.24, 2.45) is 0 Å². The van der Waals surface area contributed by atoms with Gasteiger partial charge in [-0.3, -0.25) is 0 Å². The minimum Gasteiger partial charge on any atom is -0.480 e. The van der Waals surface area contributed by atoms with Crippen LogP contribution in [0.4, 0.5) is 4.79 Å². The average Bonchev–Trinajstić information content (AvgIpc) is 2.83. The number of carboxylic acid groups (broad SMARTS) is 1. The molecule has 2 aliphatic rings. The normalized spacial score (nSPS) is 33.2. The molecule has 0 aromatic carbocycles. The van der Waals surface area contributed by atoms with Crippen LogP contribution in [0.5, 0.6) is 0 Å². The Morgan fingerprint density at radius 3 is 2.53 bits per heavy atom. The van der Waals surface area contributed by atoms with Gasteiger partial charge in [-0.1, -0.05) is 0 Å². The molecule has 0 aliphatic carbocycles. The molecular weight excluding hydrogens is 224 g/mol.